The minimum Gasteiger partial charge on any atom is -0.351 e. The first-order valence-electron chi connectivity index (χ1n) is 6.56. The maximum Gasteiger partial charge on any atom is 0.254 e. The third kappa shape index (κ3) is 2.83. The van der Waals surface area contributed by atoms with Crippen molar-refractivity contribution in [2.24, 2.45) is 5.41 Å². The molecule has 1 aliphatic rings. The van der Waals surface area contributed by atoms with E-state index in [-0.39, 0.29) is 11.1 Å². The number of pyridine rings is 1. The molecular weight excluding hydrogens is 248 g/mol. The van der Waals surface area contributed by atoms with E-state index in [2.05, 4.69) is 17.2 Å². The SMILES string of the molecule is CCC1(CNC(=O)c2cccnc2Cl)CCCC1. The van der Waals surface area contributed by atoms with Crippen LogP contribution in [0.1, 0.15) is 49.4 Å². The Morgan fingerprint density at radius 2 is 2.22 bits per heavy atom. The monoisotopic (exact) mass is 266 g/mol. The van der Waals surface area contributed by atoms with E-state index in [1.54, 1.807) is 18.3 Å². The fraction of sp³-hybridized carbons (Fsp3) is 0.571. The molecule has 3 nitrogen and oxygen atoms in total. The number of carbonyl (C=O) groups excluding carboxylic acids is 1. The number of aromatic nitrogens is 1. The number of halogens is 1. The summed E-state index contributed by atoms with van der Waals surface area (Å²) < 4.78 is 0. The van der Waals surface area contributed by atoms with E-state index in [0.717, 1.165) is 13.0 Å². The van der Waals surface area contributed by atoms with Crippen LogP contribution in [0, 0.1) is 5.41 Å². The van der Waals surface area contributed by atoms with Gasteiger partial charge in [0.2, 0.25) is 0 Å². The molecule has 1 aromatic heterocycles. The van der Waals surface area contributed by atoms with Gasteiger partial charge in [0.15, 0.2) is 0 Å². The van der Waals surface area contributed by atoms with E-state index < -0.39 is 0 Å². The Balaban J connectivity index is 1.98. The Morgan fingerprint density at radius 3 is 2.83 bits per heavy atom. The van der Waals surface area contributed by atoms with Gasteiger partial charge in [0.05, 0.1) is 5.56 Å². The number of rotatable bonds is 4. The van der Waals surface area contributed by atoms with Gasteiger partial charge in [0.1, 0.15) is 5.15 Å². The number of nitrogens with one attached hydrogen (secondary N) is 1. The van der Waals surface area contributed by atoms with Crippen LogP contribution in [0.3, 0.4) is 0 Å². The van der Waals surface area contributed by atoms with Gasteiger partial charge in [-0.15, -0.1) is 0 Å². The van der Waals surface area contributed by atoms with Gasteiger partial charge in [-0.1, -0.05) is 31.4 Å². The lowest BCUT2D eigenvalue weighted by atomic mass is 9.83. The molecule has 0 radical (unpaired) electrons. The molecule has 98 valence electrons. The zero-order valence-corrected chi connectivity index (χ0v) is 11.5. The lowest BCUT2D eigenvalue weighted by Crippen LogP contribution is -2.35. The average molecular weight is 267 g/mol. The average Bonchev–Trinajstić information content (AvgIpc) is 2.86. The minimum atomic E-state index is -0.118. The highest BCUT2D eigenvalue weighted by Gasteiger charge is 2.32. The molecule has 0 aliphatic heterocycles. The Hall–Kier alpha value is -1.09. The zero-order valence-electron chi connectivity index (χ0n) is 10.7. The van der Waals surface area contributed by atoms with Crippen LogP contribution in [0.25, 0.3) is 0 Å². The largest absolute Gasteiger partial charge is 0.351 e. The third-order valence-electron chi connectivity index (χ3n) is 4.04. The van der Waals surface area contributed by atoms with Gasteiger partial charge in [0.25, 0.3) is 5.91 Å². The molecule has 0 spiro atoms. The standard InChI is InChI=1S/C14H19ClN2O/c1-2-14(7-3-4-8-14)10-17-13(18)11-6-5-9-16-12(11)15/h5-6,9H,2-4,7-8,10H2,1H3,(H,17,18). The first-order chi connectivity index (χ1) is 8.67. The molecule has 0 bridgehead atoms. The van der Waals surface area contributed by atoms with E-state index in [4.69, 9.17) is 11.6 Å². The van der Waals surface area contributed by atoms with Crippen LogP contribution in [-0.4, -0.2) is 17.4 Å². The third-order valence-corrected chi connectivity index (χ3v) is 4.34. The van der Waals surface area contributed by atoms with E-state index in [1.165, 1.54) is 25.7 Å². The molecule has 0 unspecified atom stereocenters. The van der Waals surface area contributed by atoms with Crippen molar-refractivity contribution in [3.05, 3.63) is 29.0 Å². The van der Waals surface area contributed by atoms with Gasteiger partial charge in [-0.3, -0.25) is 4.79 Å². The maximum absolute atomic E-state index is 12.0. The molecule has 1 N–H and O–H groups in total. The quantitative estimate of drug-likeness (QED) is 0.849. The van der Waals surface area contributed by atoms with Crippen molar-refractivity contribution in [2.75, 3.05) is 6.54 Å². The molecule has 0 atom stereocenters. The second-order valence-corrected chi connectivity index (χ2v) is 5.44. The molecular formula is C14H19ClN2O. The summed E-state index contributed by atoms with van der Waals surface area (Å²) in [5.41, 5.74) is 0.757. The smallest absolute Gasteiger partial charge is 0.254 e. The fourth-order valence-corrected chi connectivity index (χ4v) is 2.90. The van der Waals surface area contributed by atoms with Gasteiger partial charge in [-0.05, 0) is 36.8 Å². The highest BCUT2D eigenvalue weighted by atomic mass is 35.5. The van der Waals surface area contributed by atoms with E-state index in [1.807, 2.05) is 0 Å². The molecule has 1 fully saturated rings. The van der Waals surface area contributed by atoms with Gasteiger partial charge in [-0.2, -0.15) is 0 Å². The van der Waals surface area contributed by atoms with Crippen molar-refractivity contribution in [1.29, 1.82) is 0 Å². The van der Waals surface area contributed by atoms with Gasteiger partial charge in [-0.25, -0.2) is 4.98 Å². The van der Waals surface area contributed by atoms with Gasteiger partial charge in [0, 0.05) is 12.7 Å². The number of hydrogen-bond donors (Lipinski definition) is 1. The van der Waals surface area contributed by atoms with Gasteiger partial charge < -0.3 is 5.32 Å². The molecule has 18 heavy (non-hydrogen) atoms. The molecule has 1 aliphatic carbocycles. The van der Waals surface area contributed by atoms with Crippen LogP contribution in [0.15, 0.2) is 18.3 Å². The predicted molar refractivity (Wildman–Crippen MR) is 72.8 cm³/mol. The zero-order chi connectivity index (χ0) is 13.0. The van der Waals surface area contributed by atoms with Crippen LogP contribution >= 0.6 is 11.6 Å². The Bertz CT molecular complexity index is 428. The van der Waals surface area contributed by atoms with Crippen molar-refractivity contribution in [2.45, 2.75) is 39.0 Å². The van der Waals surface area contributed by atoms with Crippen LogP contribution in [-0.2, 0) is 0 Å². The molecule has 1 heterocycles. The second kappa shape index (κ2) is 5.70. The number of nitrogens with zero attached hydrogens (tertiary/aromatic N) is 1. The summed E-state index contributed by atoms with van der Waals surface area (Å²) in [6.07, 6.45) is 7.68. The van der Waals surface area contributed by atoms with E-state index in [9.17, 15) is 4.79 Å². The summed E-state index contributed by atoms with van der Waals surface area (Å²) in [6, 6.07) is 3.43. The summed E-state index contributed by atoms with van der Waals surface area (Å²) in [7, 11) is 0. The normalized spacial score (nSPS) is 17.7. The molecule has 2 rings (SSSR count). The van der Waals surface area contributed by atoms with Crippen LogP contribution in [0.4, 0.5) is 0 Å². The minimum absolute atomic E-state index is 0.118. The fourth-order valence-electron chi connectivity index (χ4n) is 2.70. The van der Waals surface area contributed by atoms with E-state index in [0.29, 0.717) is 11.0 Å². The molecule has 0 aromatic carbocycles. The first kappa shape index (κ1) is 13.3. The van der Waals surface area contributed by atoms with Crippen molar-refractivity contribution in [3.63, 3.8) is 0 Å². The summed E-state index contributed by atoms with van der Waals surface area (Å²) in [5, 5.41) is 3.28. The topological polar surface area (TPSA) is 42.0 Å². The van der Waals surface area contributed by atoms with Crippen molar-refractivity contribution in [3.8, 4) is 0 Å². The highest BCUT2D eigenvalue weighted by molar-refractivity contribution is 6.32. The molecule has 4 heteroatoms. The van der Waals surface area contributed by atoms with Crippen molar-refractivity contribution >= 4 is 17.5 Å². The Labute approximate surface area is 113 Å². The first-order valence-corrected chi connectivity index (χ1v) is 6.93. The van der Waals surface area contributed by atoms with Crippen LogP contribution in [0.2, 0.25) is 5.15 Å². The maximum atomic E-state index is 12.0. The second-order valence-electron chi connectivity index (χ2n) is 5.09. The number of carbonyl (C=O) groups is 1. The molecule has 0 saturated heterocycles. The number of amides is 1. The summed E-state index contributed by atoms with van der Waals surface area (Å²) >= 11 is 5.91. The Kier molecular flexibility index (Phi) is 4.23. The predicted octanol–water partition coefficient (Wildman–Crippen LogP) is 3.44. The highest BCUT2D eigenvalue weighted by Crippen LogP contribution is 2.40. The molecule has 1 saturated carbocycles. The lowest BCUT2D eigenvalue weighted by molar-refractivity contribution is 0.0928. The molecule has 1 amide bonds. The van der Waals surface area contributed by atoms with Gasteiger partial charge >= 0.3 is 0 Å². The number of hydrogen-bond acceptors (Lipinski definition) is 2. The van der Waals surface area contributed by atoms with Crippen LogP contribution < -0.4 is 5.32 Å². The van der Waals surface area contributed by atoms with Crippen molar-refractivity contribution in [1.82, 2.24) is 10.3 Å². The summed E-state index contributed by atoms with van der Waals surface area (Å²) in [4.78, 5) is 16.0. The lowest BCUT2D eigenvalue weighted by Gasteiger charge is -2.27. The summed E-state index contributed by atoms with van der Waals surface area (Å²) in [5.74, 6) is -0.118. The summed E-state index contributed by atoms with van der Waals surface area (Å²) in [6.45, 7) is 2.95. The van der Waals surface area contributed by atoms with Crippen LogP contribution in [0.5, 0.6) is 0 Å². The van der Waals surface area contributed by atoms with Crippen molar-refractivity contribution < 1.29 is 4.79 Å². The Morgan fingerprint density at radius 1 is 1.50 bits per heavy atom. The van der Waals surface area contributed by atoms with E-state index >= 15 is 0 Å². The molecule has 1 aromatic rings.